The van der Waals surface area contributed by atoms with Gasteiger partial charge >= 0.3 is 5.97 Å². The fourth-order valence-electron chi connectivity index (χ4n) is 1.56. The Balaban J connectivity index is 1.85. The minimum absolute atomic E-state index is 0.00545. The van der Waals surface area contributed by atoms with Gasteiger partial charge in [0.25, 0.3) is 0 Å². The van der Waals surface area contributed by atoms with Crippen molar-refractivity contribution in [3.63, 3.8) is 0 Å². The first kappa shape index (κ1) is 13.1. The van der Waals surface area contributed by atoms with Crippen LogP contribution in [-0.2, 0) is 6.42 Å². The molecule has 1 aromatic carbocycles. The van der Waals surface area contributed by atoms with Gasteiger partial charge in [-0.15, -0.1) is 0 Å². The largest absolute Gasteiger partial charge is 0.492 e. The second-order valence-electron chi connectivity index (χ2n) is 4.02. The Morgan fingerprint density at radius 1 is 1.21 bits per heavy atom. The van der Waals surface area contributed by atoms with Crippen molar-refractivity contribution in [3.8, 4) is 5.75 Å². The van der Waals surface area contributed by atoms with Crippen molar-refractivity contribution < 1.29 is 14.6 Å². The average Bonchev–Trinajstić information content (AvgIpc) is 2.41. The van der Waals surface area contributed by atoms with Crippen LogP contribution in [0.2, 0.25) is 0 Å². The van der Waals surface area contributed by atoms with Gasteiger partial charge in [0.2, 0.25) is 0 Å². The minimum atomic E-state index is -1.05. The molecule has 19 heavy (non-hydrogen) atoms. The molecule has 0 unspecified atom stereocenters. The summed E-state index contributed by atoms with van der Waals surface area (Å²) in [6, 6.07) is 10.6. The van der Waals surface area contributed by atoms with E-state index in [1.54, 1.807) is 6.07 Å². The van der Waals surface area contributed by atoms with E-state index < -0.39 is 5.97 Å². The van der Waals surface area contributed by atoms with Gasteiger partial charge in [0, 0.05) is 6.42 Å². The lowest BCUT2D eigenvalue weighted by molar-refractivity contribution is 0.0690. The van der Waals surface area contributed by atoms with E-state index in [1.807, 2.05) is 24.3 Å². The third kappa shape index (κ3) is 3.84. The molecule has 94 valence electrons. The molecule has 0 aliphatic rings. The monoisotopic (exact) mass is 253 g/mol. The molecule has 2 rings (SSSR count). The number of rotatable bonds is 5. The Morgan fingerprint density at radius 3 is 2.53 bits per heavy atom. The minimum Gasteiger partial charge on any atom is -0.492 e. The number of aromatic carboxylic acids is 1. The SMILES string of the molecule is [B]c1ccc(CCOc2ccc(C(=O)O)nc2)cc1. The molecule has 1 aromatic heterocycles. The van der Waals surface area contributed by atoms with Crippen molar-refractivity contribution in [2.24, 2.45) is 0 Å². The molecule has 0 aliphatic heterocycles. The predicted molar refractivity (Wildman–Crippen MR) is 72.2 cm³/mol. The molecule has 0 saturated heterocycles. The third-order valence-corrected chi connectivity index (χ3v) is 2.59. The van der Waals surface area contributed by atoms with Crippen LogP contribution in [0.3, 0.4) is 0 Å². The van der Waals surface area contributed by atoms with Crippen LogP contribution in [0.15, 0.2) is 42.6 Å². The van der Waals surface area contributed by atoms with E-state index in [4.69, 9.17) is 17.7 Å². The predicted octanol–water partition coefficient (Wildman–Crippen LogP) is 1.20. The van der Waals surface area contributed by atoms with E-state index in [-0.39, 0.29) is 5.69 Å². The highest BCUT2D eigenvalue weighted by Crippen LogP contribution is 2.10. The molecule has 0 amide bonds. The van der Waals surface area contributed by atoms with E-state index in [0.717, 1.165) is 17.4 Å². The highest BCUT2D eigenvalue weighted by atomic mass is 16.5. The zero-order chi connectivity index (χ0) is 13.7. The van der Waals surface area contributed by atoms with Crippen molar-refractivity contribution in [1.29, 1.82) is 0 Å². The summed E-state index contributed by atoms with van der Waals surface area (Å²) >= 11 is 0. The summed E-state index contributed by atoms with van der Waals surface area (Å²) in [5, 5.41) is 8.71. The van der Waals surface area contributed by atoms with Crippen LogP contribution in [-0.4, -0.2) is 30.5 Å². The fraction of sp³-hybridized carbons (Fsp3) is 0.143. The topological polar surface area (TPSA) is 59.4 Å². The number of carboxylic acid groups (broad SMARTS) is 1. The quantitative estimate of drug-likeness (QED) is 0.813. The molecule has 0 saturated carbocycles. The lowest BCUT2D eigenvalue weighted by Gasteiger charge is -2.06. The van der Waals surface area contributed by atoms with Gasteiger partial charge in [-0.25, -0.2) is 9.78 Å². The number of pyridine rings is 1. The van der Waals surface area contributed by atoms with E-state index in [0.29, 0.717) is 12.4 Å². The number of nitrogens with zero attached hydrogens (tertiary/aromatic N) is 1. The van der Waals surface area contributed by atoms with Crippen molar-refractivity contribution in [2.75, 3.05) is 6.61 Å². The number of hydrogen-bond donors (Lipinski definition) is 1. The zero-order valence-electron chi connectivity index (χ0n) is 10.2. The number of ether oxygens (including phenoxy) is 1. The van der Waals surface area contributed by atoms with Gasteiger partial charge in [-0.05, 0) is 17.7 Å². The highest BCUT2D eigenvalue weighted by Gasteiger charge is 2.03. The fourth-order valence-corrected chi connectivity index (χ4v) is 1.56. The molecule has 2 aromatic rings. The summed E-state index contributed by atoms with van der Waals surface area (Å²) in [4.78, 5) is 14.4. The van der Waals surface area contributed by atoms with Gasteiger partial charge in [-0.2, -0.15) is 0 Å². The van der Waals surface area contributed by atoms with Crippen molar-refractivity contribution >= 4 is 19.3 Å². The molecule has 0 spiro atoms. The lowest BCUT2D eigenvalue weighted by atomic mass is 9.95. The van der Waals surface area contributed by atoms with Crippen molar-refractivity contribution in [1.82, 2.24) is 4.98 Å². The van der Waals surface area contributed by atoms with Gasteiger partial charge in [0.1, 0.15) is 19.3 Å². The second kappa shape index (κ2) is 6.04. The molecule has 2 radical (unpaired) electrons. The van der Waals surface area contributed by atoms with Crippen molar-refractivity contribution in [3.05, 3.63) is 53.9 Å². The van der Waals surface area contributed by atoms with Gasteiger partial charge in [0.15, 0.2) is 0 Å². The van der Waals surface area contributed by atoms with Crippen LogP contribution >= 0.6 is 0 Å². The molecule has 5 heteroatoms. The molecule has 0 fully saturated rings. The number of carbonyl (C=O) groups is 1. The second-order valence-corrected chi connectivity index (χ2v) is 4.02. The normalized spacial score (nSPS) is 10.1. The highest BCUT2D eigenvalue weighted by molar-refractivity contribution is 6.32. The van der Waals surface area contributed by atoms with Crippen LogP contribution in [0.25, 0.3) is 0 Å². The third-order valence-electron chi connectivity index (χ3n) is 2.59. The molecule has 1 N–H and O–H groups in total. The number of benzene rings is 1. The smallest absolute Gasteiger partial charge is 0.354 e. The molecule has 1 heterocycles. The maximum absolute atomic E-state index is 10.6. The standard InChI is InChI=1S/C14H12BNO3/c15-11-3-1-10(2-4-11)7-8-19-12-5-6-13(14(17)18)16-9-12/h1-6,9H,7-8H2,(H,17,18). The number of hydrogen-bond acceptors (Lipinski definition) is 3. The van der Waals surface area contributed by atoms with E-state index >= 15 is 0 Å². The Bertz CT molecular complexity index is 552. The van der Waals surface area contributed by atoms with E-state index in [2.05, 4.69) is 4.98 Å². The van der Waals surface area contributed by atoms with Gasteiger partial charge < -0.3 is 9.84 Å². The van der Waals surface area contributed by atoms with Crippen molar-refractivity contribution in [2.45, 2.75) is 6.42 Å². The first-order chi connectivity index (χ1) is 9.15. The first-order valence-corrected chi connectivity index (χ1v) is 5.82. The number of aromatic nitrogens is 1. The van der Waals surface area contributed by atoms with Gasteiger partial charge in [-0.3, -0.25) is 0 Å². The lowest BCUT2D eigenvalue weighted by Crippen LogP contribution is -2.05. The molecule has 0 atom stereocenters. The summed E-state index contributed by atoms with van der Waals surface area (Å²) in [7, 11) is 5.60. The van der Waals surface area contributed by atoms with E-state index in [1.165, 1.54) is 12.3 Å². The maximum atomic E-state index is 10.6. The molecular formula is C14H12BNO3. The summed E-state index contributed by atoms with van der Waals surface area (Å²) in [5.74, 6) is -0.492. The number of carboxylic acids is 1. The molecule has 4 nitrogen and oxygen atoms in total. The Kier molecular flexibility index (Phi) is 4.18. The molecular weight excluding hydrogens is 241 g/mol. The Labute approximate surface area is 112 Å². The van der Waals surface area contributed by atoms with Gasteiger partial charge in [-0.1, -0.05) is 29.7 Å². The molecule has 0 aliphatic carbocycles. The van der Waals surface area contributed by atoms with Crippen LogP contribution in [0.5, 0.6) is 5.75 Å². The zero-order valence-corrected chi connectivity index (χ0v) is 10.2. The average molecular weight is 253 g/mol. The maximum Gasteiger partial charge on any atom is 0.354 e. The Hall–Kier alpha value is -2.30. The van der Waals surface area contributed by atoms with Crippen LogP contribution in [0, 0.1) is 0 Å². The van der Waals surface area contributed by atoms with Crippen LogP contribution < -0.4 is 10.2 Å². The Morgan fingerprint density at radius 2 is 1.95 bits per heavy atom. The summed E-state index contributed by atoms with van der Waals surface area (Å²) in [5.41, 5.74) is 1.87. The summed E-state index contributed by atoms with van der Waals surface area (Å²) in [6.07, 6.45) is 2.16. The summed E-state index contributed by atoms with van der Waals surface area (Å²) < 4.78 is 5.49. The van der Waals surface area contributed by atoms with E-state index in [9.17, 15) is 4.79 Å². The van der Waals surface area contributed by atoms with Crippen LogP contribution in [0.1, 0.15) is 16.1 Å². The molecule has 0 bridgehead atoms. The first-order valence-electron chi connectivity index (χ1n) is 5.82. The van der Waals surface area contributed by atoms with Crippen LogP contribution in [0.4, 0.5) is 0 Å². The summed E-state index contributed by atoms with van der Waals surface area (Å²) in [6.45, 7) is 0.498. The van der Waals surface area contributed by atoms with Gasteiger partial charge in [0.05, 0.1) is 12.8 Å².